The van der Waals surface area contributed by atoms with Gasteiger partial charge in [-0.2, -0.15) is 0 Å². The second kappa shape index (κ2) is 6.30. The van der Waals surface area contributed by atoms with Crippen LogP contribution in [-0.2, 0) is 17.3 Å². The fourth-order valence-electron chi connectivity index (χ4n) is 2.33. The number of hydrogen-bond donors (Lipinski definition) is 1. The molecule has 0 unspecified atom stereocenters. The summed E-state index contributed by atoms with van der Waals surface area (Å²) in [6.45, 7) is 15.8. The van der Waals surface area contributed by atoms with Gasteiger partial charge in [0.1, 0.15) is 0 Å². The Morgan fingerprint density at radius 2 is 1.35 bits per heavy atom. The van der Waals surface area contributed by atoms with Crippen molar-refractivity contribution in [2.24, 2.45) is 5.73 Å². The van der Waals surface area contributed by atoms with E-state index in [1.807, 2.05) is 0 Å². The largest absolute Gasteiger partial charge is 0.328 e. The van der Waals surface area contributed by atoms with Crippen molar-refractivity contribution >= 4 is 0 Å². The van der Waals surface area contributed by atoms with E-state index in [1.54, 1.807) is 0 Å². The van der Waals surface area contributed by atoms with Crippen LogP contribution in [0.1, 0.15) is 78.0 Å². The van der Waals surface area contributed by atoms with Crippen LogP contribution in [0, 0.1) is 0 Å². The predicted octanol–water partition coefficient (Wildman–Crippen LogP) is 4.95. The molecular weight excluding hydrogens is 242 g/mol. The predicted molar refractivity (Wildman–Crippen MR) is 90.4 cm³/mol. The van der Waals surface area contributed by atoms with Gasteiger partial charge in [-0.25, -0.2) is 0 Å². The summed E-state index contributed by atoms with van der Waals surface area (Å²) in [4.78, 5) is 0. The molecule has 1 atom stereocenters. The minimum absolute atomic E-state index is 0.206. The lowest BCUT2D eigenvalue weighted by Crippen LogP contribution is -2.17. The Morgan fingerprint density at radius 1 is 0.900 bits per heavy atom. The molecule has 1 aromatic carbocycles. The van der Waals surface area contributed by atoms with Crippen molar-refractivity contribution in [2.45, 2.75) is 84.6 Å². The first kappa shape index (κ1) is 17.2. The number of rotatable bonds is 4. The molecule has 2 N–H and O–H groups in total. The highest BCUT2D eigenvalue weighted by molar-refractivity contribution is 5.37. The Hall–Kier alpha value is -0.820. The van der Waals surface area contributed by atoms with Gasteiger partial charge in [-0.05, 0) is 53.7 Å². The quantitative estimate of drug-likeness (QED) is 0.826. The minimum Gasteiger partial charge on any atom is -0.328 e. The molecule has 20 heavy (non-hydrogen) atoms. The number of nitrogens with two attached hydrogens (primary N) is 1. The summed E-state index contributed by atoms with van der Waals surface area (Å²) in [5, 5.41) is 0. The molecule has 0 aromatic heterocycles. The van der Waals surface area contributed by atoms with Crippen LogP contribution in [0.2, 0.25) is 0 Å². The molecule has 0 aliphatic carbocycles. The molecule has 0 fully saturated rings. The van der Waals surface area contributed by atoms with E-state index < -0.39 is 0 Å². The van der Waals surface area contributed by atoms with E-state index in [4.69, 9.17) is 5.73 Å². The molecule has 1 heteroatoms. The second-order valence-electron chi connectivity index (χ2n) is 8.29. The van der Waals surface area contributed by atoms with Crippen LogP contribution in [0.4, 0.5) is 0 Å². The van der Waals surface area contributed by atoms with Gasteiger partial charge in [0, 0.05) is 6.04 Å². The molecule has 0 saturated heterocycles. The molecule has 0 aliphatic heterocycles. The third-order valence-corrected chi connectivity index (χ3v) is 3.85. The highest BCUT2D eigenvalue weighted by atomic mass is 14.6. The van der Waals surface area contributed by atoms with Gasteiger partial charge in [0.05, 0.1) is 0 Å². The van der Waals surface area contributed by atoms with E-state index in [9.17, 15) is 0 Å². The standard InChI is InChI=1S/C19H33N/c1-14(20)9-8-10-15-11-16(18(2,3)4)13-17(12-15)19(5,6)7/h11-14H,8-10,20H2,1-7H3/t14-/m0/s1. The van der Waals surface area contributed by atoms with E-state index in [2.05, 4.69) is 66.7 Å². The zero-order valence-electron chi connectivity index (χ0n) is 14.5. The maximum absolute atomic E-state index is 5.85. The summed E-state index contributed by atoms with van der Waals surface area (Å²) >= 11 is 0. The molecule has 0 heterocycles. The van der Waals surface area contributed by atoms with E-state index in [1.165, 1.54) is 23.1 Å². The van der Waals surface area contributed by atoms with Crippen molar-refractivity contribution in [3.8, 4) is 0 Å². The highest BCUT2D eigenvalue weighted by Crippen LogP contribution is 2.30. The number of hydrogen-bond acceptors (Lipinski definition) is 1. The van der Waals surface area contributed by atoms with Gasteiger partial charge in [-0.15, -0.1) is 0 Å². The Labute approximate surface area is 126 Å². The average Bonchev–Trinajstić information content (AvgIpc) is 2.25. The van der Waals surface area contributed by atoms with Crippen molar-refractivity contribution < 1.29 is 0 Å². The van der Waals surface area contributed by atoms with Crippen molar-refractivity contribution in [3.05, 3.63) is 34.9 Å². The summed E-state index contributed by atoms with van der Waals surface area (Å²) in [6, 6.07) is 7.46. The zero-order chi connectivity index (χ0) is 15.6. The molecule has 0 radical (unpaired) electrons. The molecule has 0 amide bonds. The van der Waals surface area contributed by atoms with Crippen molar-refractivity contribution in [2.75, 3.05) is 0 Å². The third-order valence-electron chi connectivity index (χ3n) is 3.85. The van der Waals surface area contributed by atoms with E-state index >= 15 is 0 Å². The fourth-order valence-corrected chi connectivity index (χ4v) is 2.33. The fraction of sp³-hybridized carbons (Fsp3) is 0.684. The smallest absolute Gasteiger partial charge is 0.00105 e. The van der Waals surface area contributed by atoms with Gasteiger partial charge >= 0.3 is 0 Å². The van der Waals surface area contributed by atoms with Crippen LogP contribution in [0.25, 0.3) is 0 Å². The van der Waals surface area contributed by atoms with Gasteiger partial charge in [0.15, 0.2) is 0 Å². The zero-order valence-corrected chi connectivity index (χ0v) is 14.5. The first-order valence-corrected chi connectivity index (χ1v) is 7.90. The van der Waals surface area contributed by atoms with Crippen molar-refractivity contribution in [1.82, 2.24) is 0 Å². The first-order chi connectivity index (χ1) is 9.00. The van der Waals surface area contributed by atoms with Gasteiger partial charge in [-0.3, -0.25) is 0 Å². The van der Waals surface area contributed by atoms with Crippen molar-refractivity contribution in [1.29, 1.82) is 0 Å². The first-order valence-electron chi connectivity index (χ1n) is 7.90. The Morgan fingerprint density at radius 3 is 1.70 bits per heavy atom. The molecule has 0 bridgehead atoms. The van der Waals surface area contributed by atoms with Gasteiger partial charge in [0.2, 0.25) is 0 Å². The lowest BCUT2D eigenvalue weighted by Gasteiger charge is -2.26. The molecule has 0 aliphatic rings. The van der Waals surface area contributed by atoms with Crippen molar-refractivity contribution in [3.63, 3.8) is 0 Å². The minimum atomic E-state index is 0.206. The van der Waals surface area contributed by atoms with Crippen LogP contribution in [0.5, 0.6) is 0 Å². The van der Waals surface area contributed by atoms with Crippen LogP contribution >= 0.6 is 0 Å². The van der Waals surface area contributed by atoms with Gasteiger partial charge in [0.25, 0.3) is 0 Å². The lowest BCUT2D eigenvalue weighted by atomic mass is 9.79. The van der Waals surface area contributed by atoms with E-state index in [-0.39, 0.29) is 10.8 Å². The van der Waals surface area contributed by atoms with Crippen LogP contribution in [-0.4, -0.2) is 6.04 Å². The summed E-state index contributed by atoms with van der Waals surface area (Å²) in [5.41, 5.74) is 10.6. The third kappa shape index (κ3) is 5.28. The molecule has 1 aromatic rings. The Bertz CT molecular complexity index is 398. The van der Waals surface area contributed by atoms with Crippen LogP contribution in [0.15, 0.2) is 18.2 Å². The summed E-state index contributed by atoms with van der Waals surface area (Å²) in [5.74, 6) is 0. The summed E-state index contributed by atoms with van der Waals surface area (Å²) < 4.78 is 0. The highest BCUT2D eigenvalue weighted by Gasteiger charge is 2.20. The average molecular weight is 275 g/mol. The normalized spacial score (nSPS) is 14.4. The number of aryl methyl sites for hydroxylation is 1. The van der Waals surface area contributed by atoms with Crippen LogP contribution < -0.4 is 5.73 Å². The maximum Gasteiger partial charge on any atom is 0.00105 e. The van der Waals surface area contributed by atoms with Gasteiger partial charge < -0.3 is 5.73 Å². The Kier molecular flexibility index (Phi) is 5.43. The summed E-state index contributed by atoms with van der Waals surface area (Å²) in [7, 11) is 0. The molecule has 0 spiro atoms. The molecule has 1 nitrogen and oxygen atoms in total. The lowest BCUT2D eigenvalue weighted by molar-refractivity contribution is 0.564. The second-order valence-corrected chi connectivity index (χ2v) is 8.29. The SMILES string of the molecule is C[C@H](N)CCCc1cc(C(C)(C)C)cc(C(C)(C)C)c1. The molecular formula is C19H33N. The number of benzene rings is 1. The topological polar surface area (TPSA) is 26.0 Å². The molecule has 1 rings (SSSR count). The Balaban J connectivity index is 3.05. The monoisotopic (exact) mass is 275 g/mol. The molecule has 114 valence electrons. The molecule has 0 saturated carbocycles. The van der Waals surface area contributed by atoms with Gasteiger partial charge in [-0.1, -0.05) is 59.7 Å². The van der Waals surface area contributed by atoms with E-state index in [0.29, 0.717) is 6.04 Å². The van der Waals surface area contributed by atoms with Crippen LogP contribution in [0.3, 0.4) is 0 Å². The summed E-state index contributed by atoms with van der Waals surface area (Å²) in [6.07, 6.45) is 3.41. The maximum atomic E-state index is 5.85. The van der Waals surface area contributed by atoms with E-state index in [0.717, 1.165) is 12.8 Å².